The van der Waals surface area contributed by atoms with Crippen molar-refractivity contribution < 1.29 is 23.5 Å². The van der Waals surface area contributed by atoms with Crippen molar-refractivity contribution in [1.29, 1.82) is 0 Å². The highest BCUT2D eigenvalue weighted by molar-refractivity contribution is 6.14. The average Bonchev–Trinajstić information content (AvgIpc) is 3.16. The van der Waals surface area contributed by atoms with Crippen molar-refractivity contribution in [2.75, 3.05) is 38.2 Å². The van der Waals surface area contributed by atoms with Gasteiger partial charge in [-0.05, 0) is 36.4 Å². The lowest BCUT2D eigenvalue weighted by Gasteiger charge is -2.26. The van der Waals surface area contributed by atoms with E-state index in [-0.39, 0.29) is 17.6 Å². The van der Waals surface area contributed by atoms with Crippen molar-refractivity contribution in [3.05, 3.63) is 72.5 Å². The lowest BCUT2D eigenvalue weighted by Crippen LogP contribution is -2.40. The molecule has 0 aliphatic carbocycles. The standard InChI is InChI=1S/C23H22N2O5/c1-2-13-29-17-9-7-16(8-10-17)22(26)24-20-18-5-3-4-6-19(18)30-21(20)23(27)25-11-14-28-15-12-25/h2-10H,1,11-15H2,(H,24,26). The molecule has 4 rings (SSSR count). The molecule has 0 atom stereocenters. The number of hydrogen-bond acceptors (Lipinski definition) is 5. The fraction of sp³-hybridized carbons (Fsp3) is 0.217. The monoisotopic (exact) mass is 406 g/mol. The van der Waals surface area contributed by atoms with Gasteiger partial charge < -0.3 is 24.1 Å². The molecule has 0 saturated carbocycles. The number of carbonyl (C=O) groups is 2. The number of amides is 2. The number of ether oxygens (including phenoxy) is 2. The Morgan fingerprint density at radius 2 is 1.83 bits per heavy atom. The third-order valence-electron chi connectivity index (χ3n) is 4.81. The zero-order valence-corrected chi connectivity index (χ0v) is 16.4. The van der Waals surface area contributed by atoms with Crippen LogP contribution in [-0.4, -0.2) is 49.6 Å². The highest BCUT2D eigenvalue weighted by atomic mass is 16.5. The van der Waals surface area contributed by atoms with Gasteiger partial charge >= 0.3 is 0 Å². The van der Waals surface area contributed by atoms with E-state index in [4.69, 9.17) is 13.9 Å². The fourth-order valence-corrected chi connectivity index (χ4v) is 3.27. The number of nitrogens with one attached hydrogen (secondary N) is 1. The number of benzene rings is 2. The molecule has 7 nitrogen and oxygen atoms in total. The topological polar surface area (TPSA) is 81.0 Å². The summed E-state index contributed by atoms with van der Waals surface area (Å²) in [4.78, 5) is 27.6. The largest absolute Gasteiger partial charge is 0.490 e. The van der Waals surface area contributed by atoms with E-state index in [2.05, 4.69) is 11.9 Å². The van der Waals surface area contributed by atoms with Gasteiger partial charge in [-0.25, -0.2) is 0 Å². The summed E-state index contributed by atoms with van der Waals surface area (Å²) >= 11 is 0. The lowest BCUT2D eigenvalue weighted by atomic mass is 10.1. The third-order valence-corrected chi connectivity index (χ3v) is 4.81. The number of para-hydroxylation sites is 1. The van der Waals surface area contributed by atoms with Crippen LogP contribution in [0.1, 0.15) is 20.9 Å². The van der Waals surface area contributed by atoms with Gasteiger partial charge in [-0.15, -0.1) is 0 Å². The molecule has 7 heteroatoms. The van der Waals surface area contributed by atoms with Crippen LogP contribution in [0.15, 0.2) is 65.6 Å². The fourth-order valence-electron chi connectivity index (χ4n) is 3.27. The van der Waals surface area contributed by atoms with Crippen molar-refractivity contribution in [3.8, 4) is 5.75 Å². The van der Waals surface area contributed by atoms with E-state index in [1.807, 2.05) is 18.2 Å². The van der Waals surface area contributed by atoms with Crippen LogP contribution >= 0.6 is 0 Å². The Morgan fingerprint density at radius 3 is 2.57 bits per heavy atom. The van der Waals surface area contributed by atoms with Crippen molar-refractivity contribution in [2.45, 2.75) is 0 Å². The normalized spacial score (nSPS) is 13.8. The van der Waals surface area contributed by atoms with Crippen molar-refractivity contribution in [2.24, 2.45) is 0 Å². The second kappa shape index (κ2) is 8.84. The molecular formula is C23H22N2O5. The molecule has 0 unspecified atom stereocenters. The van der Waals surface area contributed by atoms with Crippen LogP contribution in [0, 0.1) is 0 Å². The van der Waals surface area contributed by atoms with E-state index in [9.17, 15) is 9.59 Å². The van der Waals surface area contributed by atoms with Gasteiger partial charge in [-0.3, -0.25) is 9.59 Å². The maximum absolute atomic E-state index is 13.1. The smallest absolute Gasteiger partial charge is 0.291 e. The van der Waals surface area contributed by atoms with E-state index in [1.54, 1.807) is 41.3 Å². The van der Waals surface area contributed by atoms with Crippen LogP contribution in [0.3, 0.4) is 0 Å². The molecule has 30 heavy (non-hydrogen) atoms. The highest BCUT2D eigenvalue weighted by Gasteiger charge is 2.27. The summed E-state index contributed by atoms with van der Waals surface area (Å²) in [5, 5.41) is 3.54. The molecule has 0 radical (unpaired) electrons. The van der Waals surface area contributed by atoms with Crippen molar-refractivity contribution >= 4 is 28.5 Å². The maximum atomic E-state index is 13.1. The van der Waals surface area contributed by atoms with Crippen molar-refractivity contribution in [1.82, 2.24) is 4.90 Å². The third kappa shape index (κ3) is 4.06. The first-order valence-corrected chi connectivity index (χ1v) is 9.71. The molecule has 1 aromatic heterocycles. The molecule has 1 aliphatic rings. The summed E-state index contributed by atoms with van der Waals surface area (Å²) < 4.78 is 16.6. The molecule has 2 heterocycles. The number of carbonyl (C=O) groups excluding carboxylic acids is 2. The number of nitrogens with zero attached hydrogens (tertiary/aromatic N) is 1. The second-order valence-electron chi connectivity index (χ2n) is 6.79. The number of morpholine rings is 1. The summed E-state index contributed by atoms with van der Waals surface area (Å²) in [5.74, 6) is 0.159. The minimum atomic E-state index is -0.340. The number of hydrogen-bond donors (Lipinski definition) is 1. The van der Waals surface area contributed by atoms with E-state index < -0.39 is 0 Å². The van der Waals surface area contributed by atoms with Crippen molar-refractivity contribution in [3.63, 3.8) is 0 Å². The SMILES string of the molecule is C=CCOc1ccc(C(=O)Nc2c(C(=O)N3CCOCC3)oc3ccccc23)cc1. The number of fused-ring (bicyclic) bond motifs is 1. The zero-order chi connectivity index (χ0) is 20.9. The van der Waals surface area contributed by atoms with Gasteiger partial charge in [0.1, 0.15) is 23.6 Å². The summed E-state index contributed by atoms with van der Waals surface area (Å²) in [6.07, 6.45) is 1.65. The van der Waals surface area contributed by atoms with Crippen LogP contribution in [0.5, 0.6) is 5.75 Å². The Labute approximate surface area is 173 Å². The van der Waals surface area contributed by atoms with Gasteiger partial charge in [0.2, 0.25) is 5.76 Å². The van der Waals surface area contributed by atoms with Gasteiger partial charge in [0.15, 0.2) is 0 Å². The maximum Gasteiger partial charge on any atom is 0.291 e. The molecule has 1 fully saturated rings. The van der Waals surface area contributed by atoms with E-state index in [1.165, 1.54) is 0 Å². The van der Waals surface area contributed by atoms with Gasteiger partial charge in [0.25, 0.3) is 11.8 Å². The summed E-state index contributed by atoms with van der Waals surface area (Å²) in [6, 6.07) is 14.0. The predicted molar refractivity (Wildman–Crippen MR) is 113 cm³/mol. The Morgan fingerprint density at radius 1 is 1.10 bits per heavy atom. The Balaban J connectivity index is 1.61. The molecule has 0 bridgehead atoms. The molecule has 2 amide bonds. The molecule has 2 aromatic carbocycles. The quantitative estimate of drug-likeness (QED) is 0.631. The minimum absolute atomic E-state index is 0.123. The van der Waals surface area contributed by atoms with Crippen LogP contribution in [-0.2, 0) is 4.74 Å². The number of rotatable bonds is 6. The number of furan rings is 1. The first kappa shape index (κ1) is 19.7. The molecular weight excluding hydrogens is 384 g/mol. The predicted octanol–water partition coefficient (Wildman–Crippen LogP) is 3.72. The van der Waals surface area contributed by atoms with Gasteiger partial charge in [0, 0.05) is 24.0 Å². The van der Waals surface area contributed by atoms with Gasteiger partial charge in [0.05, 0.1) is 13.2 Å². The van der Waals surface area contributed by atoms with Gasteiger partial charge in [-0.1, -0.05) is 24.8 Å². The molecule has 1 N–H and O–H groups in total. The first-order valence-electron chi connectivity index (χ1n) is 9.71. The Kier molecular flexibility index (Phi) is 5.81. The van der Waals surface area contributed by atoms with E-state index in [0.717, 1.165) is 0 Å². The minimum Gasteiger partial charge on any atom is -0.490 e. The Bertz CT molecular complexity index is 1060. The molecule has 154 valence electrons. The summed E-state index contributed by atoms with van der Waals surface area (Å²) in [6.45, 7) is 5.92. The first-order chi connectivity index (χ1) is 14.7. The van der Waals surface area contributed by atoms with Crippen LogP contribution in [0.4, 0.5) is 5.69 Å². The van der Waals surface area contributed by atoms with Crippen LogP contribution < -0.4 is 10.1 Å². The highest BCUT2D eigenvalue weighted by Crippen LogP contribution is 2.32. The molecule has 0 spiro atoms. The Hall–Kier alpha value is -3.58. The average molecular weight is 406 g/mol. The van der Waals surface area contributed by atoms with E-state index in [0.29, 0.717) is 60.9 Å². The zero-order valence-electron chi connectivity index (χ0n) is 16.4. The molecule has 1 aliphatic heterocycles. The molecule has 1 saturated heterocycles. The van der Waals surface area contributed by atoms with Crippen LogP contribution in [0.25, 0.3) is 11.0 Å². The van der Waals surface area contributed by atoms with Crippen LogP contribution in [0.2, 0.25) is 0 Å². The van der Waals surface area contributed by atoms with E-state index >= 15 is 0 Å². The summed E-state index contributed by atoms with van der Waals surface area (Å²) in [7, 11) is 0. The summed E-state index contributed by atoms with van der Waals surface area (Å²) in [5.41, 5.74) is 1.35. The lowest BCUT2D eigenvalue weighted by molar-refractivity contribution is 0.0285. The number of anilines is 1. The molecule has 3 aromatic rings. The second-order valence-corrected chi connectivity index (χ2v) is 6.79. The van der Waals surface area contributed by atoms with Gasteiger partial charge in [-0.2, -0.15) is 0 Å².